The number of rotatable bonds is 1. The molecule has 1 aromatic carbocycles. The molecule has 0 spiro atoms. The van der Waals surface area contributed by atoms with Crippen LogP contribution in [-0.2, 0) is 4.79 Å². The summed E-state index contributed by atoms with van der Waals surface area (Å²) in [6.45, 7) is -0.0280. The molecule has 0 bridgehead atoms. The summed E-state index contributed by atoms with van der Waals surface area (Å²) in [4.78, 5) is 22.3. The van der Waals surface area contributed by atoms with E-state index in [1.165, 1.54) is 6.07 Å². The third-order valence-corrected chi connectivity index (χ3v) is 2.39. The lowest BCUT2D eigenvalue weighted by atomic mass is 10.0. The average molecular weight is 239 g/mol. The van der Waals surface area contributed by atoms with Crippen molar-refractivity contribution < 1.29 is 19.4 Å². The first-order valence-electron chi connectivity index (χ1n) is 4.48. The fourth-order valence-corrected chi connectivity index (χ4v) is 1.63. The monoisotopic (exact) mass is 238 g/mol. The van der Waals surface area contributed by atoms with E-state index in [-0.39, 0.29) is 18.0 Å². The highest BCUT2D eigenvalue weighted by Gasteiger charge is 2.24. The molecule has 1 heterocycles. The second kappa shape index (κ2) is 3.98. The van der Waals surface area contributed by atoms with Crippen molar-refractivity contribution in [3.8, 4) is 5.75 Å². The van der Waals surface area contributed by atoms with Gasteiger partial charge in [-0.2, -0.15) is 0 Å². The second-order valence-corrected chi connectivity index (χ2v) is 3.70. The number of Topliss-reactive ketones (excluding diaryl/α,β-unsaturated/α-hetero) is 1. The van der Waals surface area contributed by atoms with E-state index in [0.717, 1.165) is 6.08 Å². The maximum Gasteiger partial charge on any atom is 0.328 e. The Morgan fingerprint density at radius 3 is 2.94 bits per heavy atom. The standard InChI is InChI=1S/C11H7ClO4/c12-7-1-2-9-8(4-7)11(15)6(5-16-9)3-10(13)14/h1-4H,5H2,(H,13,14). The van der Waals surface area contributed by atoms with E-state index in [1.54, 1.807) is 12.1 Å². The number of fused-ring (bicyclic) bond motifs is 1. The molecule has 0 aromatic heterocycles. The number of carboxylic acids is 1. The van der Waals surface area contributed by atoms with Gasteiger partial charge in [-0.05, 0) is 18.2 Å². The van der Waals surface area contributed by atoms with Crippen LogP contribution in [0.4, 0.5) is 0 Å². The molecule has 82 valence electrons. The van der Waals surface area contributed by atoms with Crippen LogP contribution in [0, 0.1) is 0 Å². The van der Waals surface area contributed by atoms with E-state index < -0.39 is 5.97 Å². The molecule has 0 saturated heterocycles. The van der Waals surface area contributed by atoms with E-state index in [9.17, 15) is 9.59 Å². The van der Waals surface area contributed by atoms with Crippen LogP contribution in [0.5, 0.6) is 5.75 Å². The summed E-state index contributed by atoms with van der Waals surface area (Å²) in [5.74, 6) is -1.10. The lowest BCUT2D eigenvalue weighted by Gasteiger charge is -2.18. The van der Waals surface area contributed by atoms with Crippen LogP contribution in [-0.4, -0.2) is 23.5 Å². The Morgan fingerprint density at radius 2 is 2.25 bits per heavy atom. The minimum atomic E-state index is -1.17. The predicted molar refractivity (Wildman–Crippen MR) is 57.0 cm³/mol. The first-order chi connectivity index (χ1) is 7.58. The zero-order chi connectivity index (χ0) is 11.7. The largest absolute Gasteiger partial charge is 0.488 e. The van der Waals surface area contributed by atoms with Gasteiger partial charge in [0.25, 0.3) is 0 Å². The summed E-state index contributed by atoms with van der Waals surface area (Å²) in [6, 6.07) is 4.67. The zero-order valence-electron chi connectivity index (χ0n) is 8.07. The Kier molecular flexibility index (Phi) is 2.66. The molecule has 0 aliphatic carbocycles. The number of hydrogen-bond acceptors (Lipinski definition) is 3. The number of carbonyl (C=O) groups excluding carboxylic acids is 1. The summed E-state index contributed by atoms with van der Waals surface area (Å²) in [5, 5.41) is 8.99. The smallest absolute Gasteiger partial charge is 0.328 e. The van der Waals surface area contributed by atoms with Gasteiger partial charge in [0.15, 0.2) is 5.78 Å². The Balaban J connectivity index is 2.46. The molecule has 16 heavy (non-hydrogen) atoms. The van der Waals surface area contributed by atoms with E-state index in [1.807, 2.05) is 0 Å². The highest BCUT2D eigenvalue weighted by atomic mass is 35.5. The number of ketones is 1. The molecule has 4 nitrogen and oxygen atoms in total. The van der Waals surface area contributed by atoms with Crippen LogP contribution < -0.4 is 4.74 Å². The first kappa shape index (κ1) is 10.7. The van der Waals surface area contributed by atoms with Crippen LogP contribution in [0.2, 0.25) is 5.02 Å². The molecule has 0 radical (unpaired) electrons. The first-order valence-corrected chi connectivity index (χ1v) is 4.86. The quantitative estimate of drug-likeness (QED) is 0.760. The summed E-state index contributed by atoms with van der Waals surface area (Å²) >= 11 is 5.75. The average Bonchev–Trinajstić information content (AvgIpc) is 2.22. The summed E-state index contributed by atoms with van der Waals surface area (Å²) in [6.07, 6.45) is 0.853. The Morgan fingerprint density at radius 1 is 1.50 bits per heavy atom. The van der Waals surface area contributed by atoms with Crippen molar-refractivity contribution in [3.05, 3.63) is 40.4 Å². The van der Waals surface area contributed by atoms with Crippen molar-refractivity contribution in [2.75, 3.05) is 6.61 Å². The van der Waals surface area contributed by atoms with E-state index in [2.05, 4.69) is 0 Å². The van der Waals surface area contributed by atoms with Gasteiger partial charge >= 0.3 is 5.97 Å². The minimum absolute atomic E-state index is 0.0280. The minimum Gasteiger partial charge on any atom is -0.488 e. The molecular formula is C11H7ClO4. The fraction of sp³-hybridized carbons (Fsp3) is 0.0909. The van der Waals surface area contributed by atoms with Crippen LogP contribution >= 0.6 is 11.6 Å². The molecule has 0 unspecified atom stereocenters. The molecule has 1 N–H and O–H groups in total. The molecule has 1 aliphatic heterocycles. The number of ether oxygens (including phenoxy) is 1. The van der Waals surface area contributed by atoms with Gasteiger partial charge in [-0.15, -0.1) is 0 Å². The number of aliphatic carboxylic acids is 1. The SMILES string of the molecule is O=C(O)C=C1COc2ccc(Cl)cc2C1=O. The molecule has 2 rings (SSSR count). The van der Waals surface area contributed by atoms with E-state index >= 15 is 0 Å². The second-order valence-electron chi connectivity index (χ2n) is 3.27. The van der Waals surface area contributed by atoms with Gasteiger partial charge in [-0.25, -0.2) is 4.79 Å². The van der Waals surface area contributed by atoms with Crippen LogP contribution in [0.25, 0.3) is 0 Å². The number of benzene rings is 1. The summed E-state index contributed by atoms with van der Waals surface area (Å²) < 4.78 is 5.25. The van der Waals surface area contributed by atoms with Crippen LogP contribution in [0.1, 0.15) is 10.4 Å². The van der Waals surface area contributed by atoms with Crippen molar-refractivity contribution in [2.45, 2.75) is 0 Å². The van der Waals surface area contributed by atoms with Crippen molar-refractivity contribution >= 4 is 23.4 Å². The molecule has 0 atom stereocenters. The van der Waals surface area contributed by atoms with Gasteiger partial charge in [0.2, 0.25) is 0 Å². The van der Waals surface area contributed by atoms with E-state index in [0.29, 0.717) is 16.3 Å². The highest BCUT2D eigenvalue weighted by molar-refractivity contribution is 6.31. The van der Waals surface area contributed by atoms with Crippen molar-refractivity contribution in [2.24, 2.45) is 0 Å². The van der Waals surface area contributed by atoms with Crippen molar-refractivity contribution in [3.63, 3.8) is 0 Å². The third-order valence-electron chi connectivity index (χ3n) is 2.16. The van der Waals surface area contributed by atoms with Gasteiger partial charge in [-0.1, -0.05) is 11.6 Å². The molecule has 5 heteroatoms. The lowest BCUT2D eigenvalue weighted by Crippen LogP contribution is -2.20. The molecular weight excluding hydrogens is 232 g/mol. The fourth-order valence-electron chi connectivity index (χ4n) is 1.46. The lowest BCUT2D eigenvalue weighted by molar-refractivity contribution is -0.131. The number of halogens is 1. The topological polar surface area (TPSA) is 63.6 Å². The number of carboxylic acid groups (broad SMARTS) is 1. The van der Waals surface area contributed by atoms with Gasteiger partial charge < -0.3 is 9.84 Å². The van der Waals surface area contributed by atoms with Crippen LogP contribution in [0.15, 0.2) is 29.8 Å². The predicted octanol–water partition coefficient (Wildman–Crippen LogP) is 1.93. The van der Waals surface area contributed by atoms with Crippen LogP contribution in [0.3, 0.4) is 0 Å². The number of carbonyl (C=O) groups is 2. The molecule has 0 fully saturated rings. The van der Waals surface area contributed by atoms with Gasteiger partial charge in [0.1, 0.15) is 12.4 Å². The normalized spacial score (nSPS) is 16.8. The summed E-state index contributed by atoms with van der Waals surface area (Å²) in [7, 11) is 0. The van der Waals surface area contributed by atoms with E-state index in [4.69, 9.17) is 21.4 Å². The van der Waals surface area contributed by atoms with Gasteiger partial charge in [0, 0.05) is 16.7 Å². The highest BCUT2D eigenvalue weighted by Crippen LogP contribution is 2.29. The molecule has 1 aliphatic rings. The van der Waals surface area contributed by atoms with Crippen molar-refractivity contribution in [1.29, 1.82) is 0 Å². The number of hydrogen-bond donors (Lipinski definition) is 1. The molecule has 0 saturated carbocycles. The third kappa shape index (κ3) is 1.92. The zero-order valence-corrected chi connectivity index (χ0v) is 8.82. The Bertz CT molecular complexity index is 505. The molecule has 0 amide bonds. The van der Waals surface area contributed by atoms with Gasteiger partial charge in [-0.3, -0.25) is 4.79 Å². The maximum atomic E-state index is 11.8. The Labute approximate surface area is 96.1 Å². The van der Waals surface area contributed by atoms with Gasteiger partial charge in [0.05, 0.1) is 5.56 Å². The maximum absolute atomic E-state index is 11.8. The van der Waals surface area contributed by atoms with Crippen molar-refractivity contribution in [1.82, 2.24) is 0 Å². The Hall–Kier alpha value is -1.81. The summed E-state index contributed by atoms with van der Waals surface area (Å²) in [5.41, 5.74) is 0.411. The molecule has 1 aromatic rings.